The van der Waals surface area contributed by atoms with Gasteiger partial charge in [-0.3, -0.25) is 11.3 Å². The molecule has 3 N–H and O–H groups in total. The summed E-state index contributed by atoms with van der Waals surface area (Å²) in [5.74, 6) is 6.76. The average Bonchev–Trinajstić information content (AvgIpc) is 2.96. The van der Waals surface area contributed by atoms with Crippen LogP contribution in [0.2, 0.25) is 0 Å². The van der Waals surface area contributed by atoms with Crippen molar-refractivity contribution in [2.75, 3.05) is 5.75 Å². The summed E-state index contributed by atoms with van der Waals surface area (Å²) in [5.41, 5.74) is 2.95. The summed E-state index contributed by atoms with van der Waals surface area (Å²) in [6.45, 7) is 0. The molecular formula is C12H19BrN2S2. The fraction of sp³-hybridized carbons (Fsp3) is 0.667. The normalized spacial score (nSPS) is 18.7. The van der Waals surface area contributed by atoms with Gasteiger partial charge in [0.25, 0.3) is 0 Å². The second kappa shape index (κ2) is 7.14. The van der Waals surface area contributed by atoms with Crippen LogP contribution in [-0.2, 0) is 6.42 Å². The van der Waals surface area contributed by atoms with Gasteiger partial charge >= 0.3 is 0 Å². The Balaban J connectivity index is 1.75. The first-order valence-electron chi connectivity index (χ1n) is 6.08. The van der Waals surface area contributed by atoms with E-state index in [-0.39, 0.29) is 0 Å². The number of hydrogen-bond donors (Lipinski definition) is 2. The van der Waals surface area contributed by atoms with Crippen LogP contribution in [0.1, 0.15) is 30.6 Å². The molecule has 0 amide bonds. The summed E-state index contributed by atoms with van der Waals surface area (Å²) >= 11 is 7.38. The smallest absolute Gasteiger partial charge is 0.0349 e. The minimum atomic E-state index is 0.395. The molecule has 0 saturated heterocycles. The molecule has 1 aliphatic carbocycles. The van der Waals surface area contributed by atoms with Gasteiger partial charge < -0.3 is 0 Å². The van der Waals surface area contributed by atoms with Crippen molar-refractivity contribution in [2.24, 2.45) is 5.84 Å². The monoisotopic (exact) mass is 334 g/mol. The molecule has 0 radical (unpaired) electrons. The second-order valence-corrected chi connectivity index (χ2v) is 7.78. The molecule has 1 fully saturated rings. The third-order valence-electron chi connectivity index (χ3n) is 3.14. The topological polar surface area (TPSA) is 38.0 Å². The molecule has 0 bridgehead atoms. The van der Waals surface area contributed by atoms with Gasteiger partial charge in [-0.05, 0) is 41.3 Å². The van der Waals surface area contributed by atoms with Gasteiger partial charge in [0, 0.05) is 31.8 Å². The van der Waals surface area contributed by atoms with E-state index in [1.807, 2.05) is 0 Å². The van der Waals surface area contributed by atoms with Crippen LogP contribution in [0, 0.1) is 0 Å². The van der Waals surface area contributed by atoms with E-state index in [9.17, 15) is 0 Å². The Morgan fingerprint density at radius 2 is 2.29 bits per heavy atom. The summed E-state index contributed by atoms with van der Waals surface area (Å²) in [5, 5.41) is 3.01. The highest BCUT2D eigenvalue weighted by Crippen LogP contribution is 2.30. The van der Waals surface area contributed by atoms with Crippen molar-refractivity contribution in [1.29, 1.82) is 0 Å². The maximum atomic E-state index is 5.64. The lowest BCUT2D eigenvalue weighted by Crippen LogP contribution is -2.38. The number of hydrazine groups is 1. The van der Waals surface area contributed by atoms with E-state index >= 15 is 0 Å². The molecule has 1 atom stereocenters. The number of rotatable bonds is 6. The zero-order valence-corrected chi connectivity index (χ0v) is 13.0. The largest absolute Gasteiger partial charge is 0.271 e. The zero-order valence-electron chi connectivity index (χ0n) is 9.82. The van der Waals surface area contributed by atoms with Crippen molar-refractivity contribution >= 4 is 39.0 Å². The summed E-state index contributed by atoms with van der Waals surface area (Å²) in [6, 6.07) is 2.58. The van der Waals surface area contributed by atoms with Crippen LogP contribution in [-0.4, -0.2) is 17.0 Å². The predicted octanol–water partition coefficient (Wildman–Crippen LogP) is 3.56. The molecule has 1 aromatic heterocycles. The van der Waals surface area contributed by atoms with E-state index < -0.39 is 0 Å². The van der Waals surface area contributed by atoms with E-state index in [0.717, 1.165) is 17.4 Å². The van der Waals surface area contributed by atoms with Gasteiger partial charge in [0.2, 0.25) is 0 Å². The van der Waals surface area contributed by atoms with Gasteiger partial charge in [0.05, 0.1) is 0 Å². The highest BCUT2D eigenvalue weighted by atomic mass is 79.9. The lowest BCUT2D eigenvalue weighted by atomic mass is 10.2. The van der Waals surface area contributed by atoms with Crippen LogP contribution in [0.3, 0.4) is 0 Å². The Labute approximate surface area is 120 Å². The van der Waals surface area contributed by atoms with Crippen LogP contribution >= 0.6 is 39.0 Å². The maximum Gasteiger partial charge on any atom is 0.0349 e. The molecule has 0 aromatic carbocycles. The van der Waals surface area contributed by atoms with Crippen molar-refractivity contribution in [3.8, 4) is 0 Å². The molecule has 1 unspecified atom stereocenters. The van der Waals surface area contributed by atoms with Crippen LogP contribution in [0.15, 0.2) is 15.9 Å². The minimum absolute atomic E-state index is 0.395. The molecule has 5 heteroatoms. The van der Waals surface area contributed by atoms with Gasteiger partial charge in [0.1, 0.15) is 0 Å². The third kappa shape index (κ3) is 4.56. The molecule has 0 aliphatic heterocycles. The fourth-order valence-corrected chi connectivity index (χ4v) is 5.09. The fourth-order valence-electron chi connectivity index (χ4n) is 2.18. The number of nitrogens with one attached hydrogen (secondary N) is 1. The van der Waals surface area contributed by atoms with Crippen molar-refractivity contribution in [3.63, 3.8) is 0 Å². The molecular weight excluding hydrogens is 316 g/mol. The number of thioether (sulfide) groups is 1. The van der Waals surface area contributed by atoms with Crippen LogP contribution < -0.4 is 11.3 Å². The third-order valence-corrected chi connectivity index (χ3v) is 6.40. The van der Waals surface area contributed by atoms with Crippen LogP contribution in [0.25, 0.3) is 0 Å². The van der Waals surface area contributed by atoms with Gasteiger partial charge in [-0.1, -0.05) is 12.8 Å². The van der Waals surface area contributed by atoms with Gasteiger partial charge in [0.15, 0.2) is 0 Å². The van der Waals surface area contributed by atoms with Crippen molar-refractivity contribution in [1.82, 2.24) is 5.43 Å². The predicted molar refractivity (Wildman–Crippen MR) is 81.5 cm³/mol. The second-order valence-electron chi connectivity index (χ2n) is 4.54. The quantitative estimate of drug-likeness (QED) is 0.617. The van der Waals surface area contributed by atoms with E-state index in [2.05, 4.69) is 44.6 Å². The molecule has 2 nitrogen and oxygen atoms in total. The molecule has 2 rings (SSSR count). The maximum absolute atomic E-state index is 5.64. The van der Waals surface area contributed by atoms with Gasteiger partial charge in [-0.2, -0.15) is 11.8 Å². The zero-order chi connectivity index (χ0) is 12.1. The van der Waals surface area contributed by atoms with Gasteiger partial charge in [-0.25, -0.2) is 0 Å². The minimum Gasteiger partial charge on any atom is -0.271 e. The SMILES string of the molecule is NNC(CSC1CCCC1)Cc1cc(Br)cs1. The standard InChI is InChI=1S/C12H19BrN2S2/c13-9-5-12(16-7-9)6-10(15-14)8-17-11-3-1-2-4-11/h5,7,10-11,15H,1-4,6,8,14H2. The number of nitrogens with two attached hydrogens (primary N) is 1. The Hall–Kier alpha value is 0.450. The molecule has 1 saturated carbocycles. The average molecular weight is 335 g/mol. The molecule has 0 spiro atoms. The summed E-state index contributed by atoms with van der Waals surface area (Å²) in [7, 11) is 0. The lowest BCUT2D eigenvalue weighted by Gasteiger charge is -2.17. The number of hydrogen-bond acceptors (Lipinski definition) is 4. The first-order chi connectivity index (χ1) is 8.28. The summed E-state index contributed by atoms with van der Waals surface area (Å²) < 4.78 is 1.18. The Kier molecular flexibility index (Phi) is 5.83. The van der Waals surface area contributed by atoms with Crippen molar-refractivity contribution in [3.05, 3.63) is 20.8 Å². The highest BCUT2D eigenvalue weighted by molar-refractivity contribution is 9.10. The molecule has 1 aliphatic rings. The van der Waals surface area contributed by atoms with Crippen molar-refractivity contribution in [2.45, 2.75) is 43.4 Å². The van der Waals surface area contributed by atoms with E-state index in [1.165, 1.54) is 35.0 Å². The van der Waals surface area contributed by atoms with Crippen LogP contribution in [0.4, 0.5) is 0 Å². The molecule has 1 heterocycles. The Bertz CT molecular complexity index is 337. The van der Waals surface area contributed by atoms with E-state index in [0.29, 0.717) is 6.04 Å². The Morgan fingerprint density at radius 1 is 1.53 bits per heavy atom. The molecule has 1 aromatic rings. The molecule has 96 valence electrons. The highest BCUT2D eigenvalue weighted by Gasteiger charge is 2.17. The van der Waals surface area contributed by atoms with E-state index in [1.54, 1.807) is 11.3 Å². The number of halogens is 1. The first-order valence-corrected chi connectivity index (χ1v) is 8.80. The molecule has 17 heavy (non-hydrogen) atoms. The van der Waals surface area contributed by atoms with Crippen molar-refractivity contribution < 1.29 is 0 Å². The Morgan fingerprint density at radius 3 is 2.88 bits per heavy atom. The lowest BCUT2D eigenvalue weighted by molar-refractivity contribution is 0.578. The van der Waals surface area contributed by atoms with E-state index in [4.69, 9.17) is 5.84 Å². The summed E-state index contributed by atoms with van der Waals surface area (Å²) in [6.07, 6.45) is 6.65. The summed E-state index contributed by atoms with van der Waals surface area (Å²) in [4.78, 5) is 1.40. The number of thiophene rings is 1. The van der Waals surface area contributed by atoms with Crippen LogP contribution in [0.5, 0.6) is 0 Å². The van der Waals surface area contributed by atoms with Gasteiger partial charge in [-0.15, -0.1) is 11.3 Å². The first kappa shape index (κ1) is 13.9.